The zero-order valence-corrected chi connectivity index (χ0v) is 19.0. The summed E-state index contributed by atoms with van der Waals surface area (Å²) in [5.74, 6) is 1.95. The number of aromatic nitrogens is 2. The highest BCUT2D eigenvalue weighted by molar-refractivity contribution is 6.00. The van der Waals surface area contributed by atoms with Gasteiger partial charge in [0.25, 0.3) is 0 Å². The third-order valence-corrected chi connectivity index (χ3v) is 6.27. The number of hydrogen-bond donors (Lipinski definition) is 0. The third-order valence-electron chi connectivity index (χ3n) is 6.27. The van der Waals surface area contributed by atoms with Crippen LogP contribution in [0.15, 0.2) is 30.3 Å². The van der Waals surface area contributed by atoms with Crippen molar-refractivity contribution in [1.29, 1.82) is 0 Å². The molecule has 0 radical (unpaired) electrons. The molecule has 1 aromatic carbocycles. The molecule has 3 heterocycles. The van der Waals surface area contributed by atoms with E-state index in [0.29, 0.717) is 19.5 Å². The van der Waals surface area contributed by atoms with Gasteiger partial charge in [-0.15, -0.1) is 0 Å². The van der Waals surface area contributed by atoms with E-state index in [1.807, 2.05) is 55.7 Å². The van der Waals surface area contributed by atoms with Crippen LogP contribution in [-0.2, 0) is 22.4 Å². The van der Waals surface area contributed by atoms with Crippen LogP contribution in [0.5, 0.6) is 0 Å². The van der Waals surface area contributed by atoms with Crippen LogP contribution in [-0.4, -0.2) is 46.3 Å². The van der Waals surface area contributed by atoms with Crippen LogP contribution in [0.2, 0.25) is 0 Å². The number of nitrogens with zero attached hydrogens (tertiary/aromatic N) is 4. The lowest BCUT2D eigenvalue weighted by atomic mass is 9.95. The number of benzene rings is 1. The Morgan fingerprint density at radius 3 is 2.61 bits per heavy atom. The summed E-state index contributed by atoms with van der Waals surface area (Å²) >= 11 is 0. The molecular weight excluding hydrogens is 388 g/mol. The first-order valence-corrected chi connectivity index (χ1v) is 11.2. The fourth-order valence-corrected chi connectivity index (χ4v) is 4.53. The Hall–Kier alpha value is -2.76. The molecule has 1 unspecified atom stereocenters. The van der Waals surface area contributed by atoms with Crippen LogP contribution >= 0.6 is 0 Å². The van der Waals surface area contributed by atoms with Crippen LogP contribution in [0, 0.1) is 12.3 Å². The molecule has 1 saturated heterocycles. The van der Waals surface area contributed by atoms with E-state index in [1.165, 1.54) is 5.56 Å². The molecule has 1 atom stereocenters. The van der Waals surface area contributed by atoms with Gasteiger partial charge in [0, 0.05) is 42.2 Å². The Morgan fingerprint density at radius 1 is 1.16 bits per heavy atom. The van der Waals surface area contributed by atoms with E-state index in [0.717, 1.165) is 48.7 Å². The van der Waals surface area contributed by atoms with E-state index in [9.17, 15) is 9.59 Å². The molecule has 2 aliphatic rings. The Morgan fingerprint density at radius 2 is 1.90 bits per heavy atom. The van der Waals surface area contributed by atoms with Gasteiger partial charge in [-0.3, -0.25) is 14.5 Å². The van der Waals surface area contributed by atoms with Gasteiger partial charge in [0.15, 0.2) is 0 Å². The fraction of sp³-hybridized carbons (Fsp3) is 0.520. The zero-order chi connectivity index (χ0) is 22.2. The Bertz CT molecular complexity index is 981. The van der Waals surface area contributed by atoms with Gasteiger partial charge in [-0.2, -0.15) is 0 Å². The van der Waals surface area contributed by atoms with Gasteiger partial charge < -0.3 is 4.90 Å². The average Bonchev–Trinajstić information content (AvgIpc) is 3.33. The Kier molecular flexibility index (Phi) is 5.82. The summed E-state index contributed by atoms with van der Waals surface area (Å²) in [4.78, 5) is 38.8. The average molecular weight is 421 g/mol. The highest BCUT2D eigenvalue weighted by Gasteiger charge is 2.36. The molecule has 0 saturated carbocycles. The molecule has 2 aromatic rings. The molecular formula is C25H32N4O2. The topological polar surface area (TPSA) is 66.4 Å². The normalized spacial score (nSPS) is 18.6. The number of likely N-dealkylation sites (tertiary alicyclic amines) is 1. The maximum absolute atomic E-state index is 12.7. The van der Waals surface area contributed by atoms with Crippen molar-refractivity contribution in [3.05, 3.63) is 53.0 Å². The smallest absolute Gasteiger partial charge is 0.232 e. The standard InChI is InChI=1S/C25H32N4O2/c1-17-20-15-21(30)29(13-8-11-18-9-6-5-7-10-18)23(20)27-22(26-17)19-12-14-28(16-19)24(31)25(2,3)4/h5-7,9-10,19H,8,11-16H2,1-4H3. The third kappa shape index (κ3) is 4.48. The molecule has 31 heavy (non-hydrogen) atoms. The predicted molar refractivity (Wildman–Crippen MR) is 121 cm³/mol. The van der Waals surface area contributed by atoms with Crippen molar-refractivity contribution < 1.29 is 9.59 Å². The van der Waals surface area contributed by atoms with E-state index >= 15 is 0 Å². The first-order valence-electron chi connectivity index (χ1n) is 11.2. The van der Waals surface area contributed by atoms with Gasteiger partial charge in [0.1, 0.15) is 11.6 Å². The van der Waals surface area contributed by atoms with Gasteiger partial charge in [0.05, 0.1) is 6.42 Å². The highest BCUT2D eigenvalue weighted by atomic mass is 16.2. The second kappa shape index (κ2) is 8.40. The zero-order valence-electron chi connectivity index (χ0n) is 19.0. The summed E-state index contributed by atoms with van der Waals surface area (Å²) in [6.07, 6.45) is 3.07. The number of rotatable bonds is 5. The van der Waals surface area contributed by atoms with E-state index in [2.05, 4.69) is 12.1 Å². The van der Waals surface area contributed by atoms with Crippen LogP contribution in [0.3, 0.4) is 0 Å². The first-order chi connectivity index (χ1) is 14.7. The van der Waals surface area contributed by atoms with Gasteiger partial charge in [-0.05, 0) is 31.7 Å². The fourth-order valence-electron chi connectivity index (χ4n) is 4.53. The minimum absolute atomic E-state index is 0.105. The van der Waals surface area contributed by atoms with Crippen LogP contribution in [0.4, 0.5) is 5.82 Å². The SMILES string of the molecule is Cc1nc(C2CCN(C(=O)C(C)(C)C)C2)nc2c1CC(=O)N2CCCc1ccccc1. The number of amides is 2. The van der Waals surface area contributed by atoms with Gasteiger partial charge in [0.2, 0.25) is 11.8 Å². The second-order valence-electron chi connectivity index (χ2n) is 9.77. The van der Waals surface area contributed by atoms with Gasteiger partial charge >= 0.3 is 0 Å². The number of hydrogen-bond acceptors (Lipinski definition) is 4. The quantitative estimate of drug-likeness (QED) is 0.740. The van der Waals surface area contributed by atoms with Crippen molar-refractivity contribution >= 4 is 17.6 Å². The summed E-state index contributed by atoms with van der Waals surface area (Å²) in [5.41, 5.74) is 2.74. The number of anilines is 1. The number of carbonyl (C=O) groups excluding carboxylic acids is 2. The monoisotopic (exact) mass is 420 g/mol. The lowest BCUT2D eigenvalue weighted by molar-refractivity contribution is -0.138. The summed E-state index contributed by atoms with van der Waals surface area (Å²) in [6, 6.07) is 10.3. The van der Waals surface area contributed by atoms with Crippen molar-refractivity contribution in [2.24, 2.45) is 5.41 Å². The van der Waals surface area contributed by atoms with Crippen molar-refractivity contribution in [3.63, 3.8) is 0 Å². The summed E-state index contributed by atoms with van der Waals surface area (Å²) < 4.78 is 0. The maximum atomic E-state index is 12.7. The molecule has 0 spiro atoms. The number of aryl methyl sites for hydroxylation is 2. The lowest BCUT2D eigenvalue weighted by Crippen LogP contribution is -2.37. The summed E-state index contributed by atoms with van der Waals surface area (Å²) in [5, 5.41) is 0. The van der Waals surface area contributed by atoms with Gasteiger partial charge in [-0.1, -0.05) is 51.1 Å². The molecule has 2 amide bonds. The van der Waals surface area contributed by atoms with Crippen molar-refractivity contribution in [2.45, 2.75) is 59.3 Å². The van der Waals surface area contributed by atoms with E-state index in [-0.39, 0.29) is 23.1 Å². The molecule has 0 bridgehead atoms. The van der Waals surface area contributed by atoms with Crippen molar-refractivity contribution in [2.75, 3.05) is 24.5 Å². The molecule has 4 rings (SSSR count). The minimum atomic E-state index is -0.383. The minimum Gasteiger partial charge on any atom is -0.341 e. The largest absolute Gasteiger partial charge is 0.341 e. The molecule has 0 N–H and O–H groups in total. The van der Waals surface area contributed by atoms with Crippen molar-refractivity contribution in [3.8, 4) is 0 Å². The van der Waals surface area contributed by atoms with E-state index in [1.54, 1.807) is 0 Å². The maximum Gasteiger partial charge on any atom is 0.232 e. The lowest BCUT2D eigenvalue weighted by Gasteiger charge is -2.25. The summed E-state index contributed by atoms with van der Waals surface area (Å²) in [7, 11) is 0. The second-order valence-corrected chi connectivity index (χ2v) is 9.77. The molecule has 1 fully saturated rings. The van der Waals surface area contributed by atoms with E-state index in [4.69, 9.17) is 9.97 Å². The molecule has 164 valence electrons. The van der Waals surface area contributed by atoms with Gasteiger partial charge in [-0.25, -0.2) is 9.97 Å². The van der Waals surface area contributed by atoms with Crippen molar-refractivity contribution in [1.82, 2.24) is 14.9 Å². The van der Waals surface area contributed by atoms with E-state index < -0.39 is 0 Å². The molecule has 2 aliphatic heterocycles. The molecule has 6 nitrogen and oxygen atoms in total. The highest BCUT2D eigenvalue weighted by Crippen LogP contribution is 2.34. The first kappa shape index (κ1) is 21.5. The van der Waals surface area contributed by atoms with Crippen LogP contribution in [0.1, 0.15) is 62.2 Å². The number of carbonyl (C=O) groups is 2. The Balaban J connectivity index is 1.49. The van der Waals surface area contributed by atoms with Crippen LogP contribution < -0.4 is 4.90 Å². The molecule has 6 heteroatoms. The summed E-state index contributed by atoms with van der Waals surface area (Å²) in [6.45, 7) is 9.89. The molecule has 0 aliphatic carbocycles. The predicted octanol–water partition coefficient (Wildman–Crippen LogP) is 3.67. The number of fused-ring (bicyclic) bond motifs is 1. The Labute approximate surface area is 184 Å². The molecule has 1 aromatic heterocycles. The van der Waals surface area contributed by atoms with Crippen LogP contribution in [0.25, 0.3) is 0 Å².